The van der Waals surface area contributed by atoms with Gasteiger partial charge in [0.1, 0.15) is 19.3 Å². The number of allylic oxidation sites excluding steroid dienone is 5. The highest BCUT2D eigenvalue weighted by Gasteiger charge is 2.27. The van der Waals surface area contributed by atoms with Gasteiger partial charge in [-0.25, -0.2) is 0 Å². The molecule has 0 heterocycles. The number of ether oxygens (including phenoxy) is 1. The molecule has 9 nitrogen and oxygen atoms in total. The van der Waals surface area contributed by atoms with E-state index < -0.39 is 20.0 Å². The third-order valence-corrected chi connectivity index (χ3v) is 12.8. The number of nitrogens with one attached hydrogen (secondary N) is 1. The Morgan fingerprint density at radius 2 is 0.938 bits per heavy atom. The molecule has 0 aliphatic rings. The van der Waals surface area contributed by atoms with Crippen molar-refractivity contribution in [1.82, 2.24) is 5.32 Å². The molecule has 376 valence electrons. The van der Waals surface area contributed by atoms with Gasteiger partial charge in [-0.2, -0.15) is 0 Å². The summed E-state index contributed by atoms with van der Waals surface area (Å²) in [5.74, 6) is -0.551. The molecule has 1 amide bonds. The minimum Gasteiger partial charge on any atom is -0.756 e. The van der Waals surface area contributed by atoms with Crippen molar-refractivity contribution in [3.05, 3.63) is 36.5 Å². The van der Waals surface area contributed by atoms with E-state index in [2.05, 4.69) is 50.4 Å². The Bertz CT molecular complexity index is 1200. The van der Waals surface area contributed by atoms with E-state index in [-0.39, 0.29) is 31.5 Å². The van der Waals surface area contributed by atoms with Crippen LogP contribution >= 0.6 is 7.82 Å². The van der Waals surface area contributed by atoms with E-state index >= 15 is 0 Å². The van der Waals surface area contributed by atoms with E-state index in [4.69, 9.17) is 13.8 Å². The summed E-state index contributed by atoms with van der Waals surface area (Å²) >= 11 is 0. The second-order valence-corrected chi connectivity index (χ2v) is 20.8. The van der Waals surface area contributed by atoms with Crippen LogP contribution in [0.5, 0.6) is 0 Å². The zero-order valence-corrected chi connectivity index (χ0v) is 43.6. The molecule has 0 aliphatic heterocycles. The molecule has 0 spiro atoms. The summed E-state index contributed by atoms with van der Waals surface area (Å²) in [6.07, 6.45) is 51.0. The first-order chi connectivity index (χ1) is 30.9. The van der Waals surface area contributed by atoms with Gasteiger partial charge in [0, 0.05) is 12.8 Å². The van der Waals surface area contributed by atoms with Crippen LogP contribution < -0.4 is 10.2 Å². The van der Waals surface area contributed by atoms with Crippen LogP contribution in [0.2, 0.25) is 0 Å². The zero-order chi connectivity index (χ0) is 47.3. The lowest BCUT2D eigenvalue weighted by Crippen LogP contribution is -2.47. The summed E-state index contributed by atoms with van der Waals surface area (Å²) in [4.78, 5) is 39.7. The molecule has 0 rings (SSSR count). The van der Waals surface area contributed by atoms with E-state index in [1.807, 2.05) is 33.3 Å². The van der Waals surface area contributed by atoms with Gasteiger partial charge in [-0.05, 0) is 57.4 Å². The highest BCUT2D eigenvalue weighted by Crippen LogP contribution is 2.38. The van der Waals surface area contributed by atoms with Crippen molar-refractivity contribution in [2.45, 2.75) is 258 Å². The molecule has 1 N–H and O–H groups in total. The number of carbonyl (C=O) groups excluding carboxylic acids is 2. The first-order valence-electron chi connectivity index (χ1n) is 26.8. The van der Waals surface area contributed by atoms with Crippen LogP contribution in [0.4, 0.5) is 0 Å². The first kappa shape index (κ1) is 62.2. The smallest absolute Gasteiger partial charge is 0.306 e. The quantitative estimate of drug-likeness (QED) is 0.0161. The van der Waals surface area contributed by atoms with Crippen molar-refractivity contribution >= 4 is 19.7 Å². The lowest BCUT2D eigenvalue weighted by molar-refractivity contribution is -0.870. The highest BCUT2D eigenvalue weighted by atomic mass is 31.2. The summed E-state index contributed by atoms with van der Waals surface area (Å²) < 4.78 is 30.1. The molecule has 0 bridgehead atoms. The number of hydrogen-bond donors (Lipinski definition) is 1. The molecule has 3 unspecified atom stereocenters. The van der Waals surface area contributed by atoms with E-state index in [1.54, 1.807) is 0 Å². The molecule has 0 radical (unpaired) electrons. The molecule has 0 saturated carbocycles. The van der Waals surface area contributed by atoms with Crippen LogP contribution in [-0.2, 0) is 27.9 Å². The number of likely N-dealkylation sites (N-methyl/N-ethyl adjacent to an activating group) is 1. The fourth-order valence-electron chi connectivity index (χ4n) is 7.63. The molecule has 0 aromatic rings. The molecule has 64 heavy (non-hydrogen) atoms. The molecule has 0 aromatic carbocycles. The number of carbonyl (C=O) groups is 2. The van der Waals surface area contributed by atoms with E-state index in [9.17, 15) is 19.0 Å². The molecular weight excluding hydrogens is 820 g/mol. The number of hydrogen-bond acceptors (Lipinski definition) is 7. The van der Waals surface area contributed by atoms with Crippen LogP contribution in [-0.4, -0.2) is 69.4 Å². The topological polar surface area (TPSA) is 114 Å². The Balaban J connectivity index is 5.41. The molecule has 10 heteroatoms. The number of quaternary nitrogens is 1. The number of phosphoric ester groups is 1. The molecule has 0 fully saturated rings. The Hall–Kier alpha value is -1.77. The lowest BCUT2D eigenvalue weighted by atomic mass is 10.0. The zero-order valence-electron chi connectivity index (χ0n) is 42.7. The van der Waals surface area contributed by atoms with Gasteiger partial charge in [0.2, 0.25) is 5.91 Å². The van der Waals surface area contributed by atoms with Gasteiger partial charge >= 0.3 is 5.97 Å². The van der Waals surface area contributed by atoms with Crippen LogP contribution in [0.15, 0.2) is 36.5 Å². The minimum atomic E-state index is -4.69. The second-order valence-electron chi connectivity index (χ2n) is 19.4. The monoisotopic (exact) mass is 923 g/mol. The van der Waals surface area contributed by atoms with Crippen molar-refractivity contribution in [3.8, 4) is 0 Å². The molecule has 0 aromatic heterocycles. The number of rotatable bonds is 48. The maximum atomic E-state index is 13.4. The summed E-state index contributed by atoms with van der Waals surface area (Å²) in [5, 5.41) is 3.01. The fraction of sp³-hybridized carbons (Fsp3) is 0.852. The normalized spacial score (nSPS) is 14.2. The number of nitrogens with zero attached hydrogens (tertiary/aromatic N) is 1. The summed E-state index contributed by atoms with van der Waals surface area (Å²) in [5.41, 5.74) is 0. The van der Waals surface area contributed by atoms with Gasteiger partial charge in [0.25, 0.3) is 7.82 Å². The Morgan fingerprint density at radius 3 is 1.41 bits per heavy atom. The number of esters is 1. The van der Waals surface area contributed by atoms with E-state index in [0.29, 0.717) is 17.4 Å². The van der Waals surface area contributed by atoms with Crippen LogP contribution in [0.1, 0.15) is 245 Å². The molecule has 0 saturated heterocycles. The standard InChI is InChI=1S/C54H103N2O7P/c1-7-10-13-16-19-22-25-27-28-29-32-34-37-40-43-46-53(57)55-51(50-62-64(59,60)61-49-48-56(4,5)6)52(45-42-39-36-33-31-26-23-20-17-14-11-8-2)63-54(58)47-44-41-38-35-30-24-21-18-15-12-9-3/h19,22,25,27,42,45,51-52H,7-18,20-21,23-24,26,28-41,43-44,46-50H2,1-6H3,(H-,55,57,59,60)/b22-19+,27-25+,45-42+. The number of phosphoric acid groups is 1. The van der Waals surface area contributed by atoms with Crippen LogP contribution in [0.3, 0.4) is 0 Å². The fourth-order valence-corrected chi connectivity index (χ4v) is 8.35. The molecule has 0 aliphatic carbocycles. The SMILES string of the molecule is CCCCC/C=C/C=C/CCCCCCCCC(=O)NC(COP(=O)([O-])OCC[N+](C)(C)C)C(/C=C/CCCCCCCCCCCC)OC(=O)CCCCCCCCCCCCC. The van der Waals surface area contributed by atoms with Crippen LogP contribution in [0, 0.1) is 0 Å². The van der Waals surface area contributed by atoms with Crippen molar-refractivity contribution in [2.75, 3.05) is 40.9 Å². The maximum absolute atomic E-state index is 13.4. The predicted molar refractivity (Wildman–Crippen MR) is 270 cm³/mol. The van der Waals surface area contributed by atoms with Crippen molar-refractivity contribution in [2.24, 2.45) is 0 Å². The summed E-state index contributed by atoms with van der Waals surface area (Å²) in [6.45, 7) is 6.79. The third-order valence-electron chi connectivity index (χ3n) is 11.9. The van der Waals surface area contributed by atoms with Gasteiger partial charge in [0.05, 0.1) is 33.8 Å². The average Bonchev–Trinajstić information content (AvgIpc) is 3.25. The Kier molecular flexibility index (Phi) is 43.8. The Morgan fingerprint density at radius 1 is 0.547 bits per heavy atom. The first-order valence-corrected chi connectivity index (χ1v) is 28.3. The van der Waals surface area contributed by atoms with Gasteiger partial charge < -0.3 is 28.5 Å². The highest BCUT2D eigenvalue weighted by molar-refractivity contribution is 7.45. The number of amides is 1. The second kappa shape index (κ2) is 45.0. The number of unbranched alkanes of at least 4 members (excludes halogenated alkanes) is 29. The third kappa shape index (κ3) is 45.4. The van der Waals surface area contributed by atoms with Crippen molar-refractivity contribution < 1.29 is 37.3 Å². The van der Waals surface area contributed by atoms with Crippen molar-refractivity contribution in [3.63, 3.8) is 0 Å². The van der Waals surface area contributed by atoms with Gasteiger partial charge in [0.15, 0.2) is 0 Å². The minimum absolute atomic E-state index is 0.0231. The predicted octanol–water partition coefficient (Wildman–Crippen LogP) is 15.0. The average molecular weight is 923 g/mol. The van der Waals surface area contributed by atoms with Gasteiger partial charge in [-0.1, -0.05) is 212 Å². The van der Waals surface area contributed by atoms with Gasteiger partial charge in [-0.3, -0.25) is 14.2 Å². The Labute approximate surface area is 396 Å². The maximum Gasteiger partial charge on any atom is 0.306 e. The van der Waals surface area contributed by atoms with Gasteiger partial charge in [-0.15, -0.1) is 0 Å². The van der Waals surface area contributed by atoms with E-state index in [0.717, 1.165) is 83.5 Å². The largest absolute Gasteiger partial charge is 0.756 e. The van der Waals surface area contributed by atoms with E-state index in [1.165, 1.54) is 128 Å². The molecular formula is C54H103N2O7P. The lowest BCUT2D eigenvalue weighted by Gasteiger charge is -2.30. The van der Waals surface area contributed by atoms with Crippen LogP contribution in [0.25, 0.3) is 0 Å². The summed E-state index contributed by atoms with van der Waals surface area (Å²) in [6, 6.07) is -0.888. The van der Waals surface area contributed by atoms with Crippen molar-refractivity contribution in [1.29, 1.82) is 0 Å². The summed E-state index contributed by atoms with van der Waals surface area (Å²) in [7, 11) is 1.18. The molecule has 3 atom stereocenters.